The van der Waals surface area contributed by atoms with Gasteiger partial charge in [0.05, 0.1) is 23.9 Å². The lowest BCUT2D eigenvalue weighted by Gasteiger charge is -2.29. The number of alkyl halides is 3. The van der Waals surface area contributed by atoms with Crippen molar-refractivity contribution in [2.24, 2.45) is 4.99 Å². The van der Waals surface area contributed by atoms with Gasteiger partial charge in [-0.1, -0.05) is 19.6 Å². The molecule has 1 unspecified atom stereocenters. The lowest BCUT2D eigenvalue weighted by Crippen LogP contribution is -2.32. The third-order valence-corrected chi connectivity index (χ3v) is 7.62. The predicted molar refractivity (Wildman–Crippen MR) is 129 cm³/mol. The fraction of sp³-hybridized carbons (Fsp3) is 0.625. The van der Waals surface area contributed by atoms with Crippen LogP contribution in [0.2, 0.25) is 25.7 Å². The zero-order chi connectivity index (χ0) is 25.1. The van der Waals surface area contributed by atoms with Gasteiger partial charge in [0.1, 0.15) is 6.61 Å². The molecular formula is C24H35F4N3O2Si. The lowest BCUT2D eigenvalue weighted by molar-refractivity contribution is -0.0970. The first-order chi connectivity index (χ1) is 15.8. The monoisotopic (exact) mass is 501 g/mol. The van der Waals surface area contributed by atoms with E-state index in [1.807, 2.05) is 19.0 Å². The molecule has 0 radical (unpaired) electrons. The number of fused-ring (bicyclic) bond motifs is 1. The van der Waals surface area contributed by atoms with E-state index in [2.05, 4.69) is 24.6 Å². The summed E-state index contributed by atoms with van der Waals surface area (Å²) in [6.45, 7) is 8.80. The van der Waals surface area contributed by atoms with E-state index in [0.29, 0.717) is 25.3 Å². The standard InChI is InChI=1S/C24H35F4N3O2Si/c1-30(2)6-7-33-23-11-18-15-31(14-17(18)10-21(23)25)22-13-29-19(12-20(22)24(26,27)28)16-32-8-9-34(3,4)5/h10-11,13,19H,6-9,12,14-16H2,1-5H3. The third kappa shape index (κ3) is 7.29. The van der Waals surface area contributed by atoms with Crippen LogP contribution in [0.3, 0.4) is 0 Å². The average molecular weight is 502 g/mol. The maximum absolute atomic E-state index is 14.5. The maximum Gasteiger partial charge on any atom is 0.414 e. The summed E-state index contributed by atoms with van der Waals surface area (Å²) in [6.07, 6.45) is -3.38. The van der Waals surface area contributed by atoms with Gasteiger partial charge in [-0.15, -0.1) is 0 Å². The minimum Gasteiger partial charge on any atom is -0.489 e. The van der Waals surface area contributed by atoms with E-state index in [1.165, 1.54) is 12.3 Å². The van der Waals surface area contributed by atoms with Crippen molar-refractivity contribution in [1.29, 1.82) is 0 Å². The minimum atomic E-state index is -4.47. The van der Waals surface area contributed by atoms with Crippen molar-refractivity contribution in [2.45, 2.75) is 57.4 Å². The minimum absolute atomic E-state index is 0.0533. The molecule has 1 atom stereocenters. The summed E-state index contributed by atoms with van der Waals surface area (Å²) < 4.78 is 67.6. The highest BCUT2D eigenvalue weighted by Gasteiger charge is 2.41. The highest BCUT2D eigenvalue weighted by atomic mass is 28.3. The van der Waals surface area contributed by atoms with Crippen molar-refractivity contribution in [3.63, 3.8) is 0 Å². The molecule has 0 spiro atoms. The molecule has 0 bridgehead atoms. The van der Waals surface area contributed by atoms with Crippen molar-refractivity contribution < 1.29 is 27.0 Å². The van der Waals surface area contributed by atoms with Gasteiger partial charge in [-0.05, 0) is 43.4 Å². The van der Waals surface area contributed by atoms with Crippen LogP contribution < -0.4 is 4.74 Å². The van der Waals surface area contributed by atoms with Crippen LogP contribution in [0.5, 0.6) is 5.75 Å². The maximum atomic E-state index is 14.5. The van der Waals surface area contributed by atoms with Gasteiger partial charge < -0.3 is 19.3 Å². The molecule has 0 fully saturated rings. The first kappa shape index (κ1) is 26.7. The second-order valence-electron chi connectivity index (χ2n) is 10.4. The van der Waals surface area contributed by atoms with Gasteiger partial charge in [0.25, 0.3) is 0 Å². The van der Waals surface area contributed by atoms with E-state index < -0.39 is 31.7 Å². The van der Waals surface area contributed by atoms with Gasteiger partial charge in [0.15, 0.2) is 11.6 Å². The van der Waals surface area contributed by atoms with Gasteiger partial charge in [0, 0.05) is 47.0 Å². The quantitative estimate of drug-likeness (QED) is 0.254. The number of aliphatic imine (C=N–C) groups is 1. The Balaban J connectivity index is 1.69. The molecule has 3 rings (SSSR count). The van der Waals surface area contributed by atoms with Crippen LogP contribution in [0.15, 0.2) is 28.4 Å². The highest BCUT2D eigenvalue weighted by Crippen LogP contribution is 2.38. The van der Waals surface area contributed by atoms with Crippen LogP contribution >= 0.6 is 0 Å². The predicted octanol–water partition coefficient (Wildman–Crippen LogP) is 5.10. The number of dihydropyridines is 1. The van der Waals surface area contributed by atoms with Crippen molar-refractivity contribution in [2.75, 3.05) is 40.5 Å². The molecule has 0 amide bonds. The Morgan fingerprint density at radius 3 is 2.41 bits per heavy atom. The fourth-order valence-electron chi connectivity index (χ4n) is 3.90. The van der Waals surface area contributed by atoms with Crippen LogP contribution in [-0.4, -0.2) is 76.8 Å². The molecular weight excluding hydrogens is 466 g/mol. The Labute approximate surface area is 200 Å². The van der Waals surface area contributed by atoms with E-state index in [9.17, 15) is 17.6 Å². The molecule has 1 aromatic rings. The molecule has 0 saturated carbocycles. The van der Waals surface area contributed by atoms with E-state index in [4.69, 9.17) is 9.47 Å². The molecule has 1 aromatic carbocycles. The summed E-state index contributed by atoms with van der Waals surface area (Å²) in [5, 5.41) is 0. The molecule has 10 heteroatoms. The van der Waals surface area contributed by atoms with Crippen molar-refractivity contribution in [1.82, 2.24) is 9.80 Å². The van der Waals surface area contributed by atoms with Crippen LogP contribution in [-0.2, 0) is 17.8 Å². The number of hydrogen-bond donors (Lipinski definition) is 0. The summed E-state index contributed by atoms with van der Waals surface area (Å²) in [6, 6.07) is 3.37. The first-order valence-corrected chi connectivity index (χ1v) is 15.3. The number of benzene rings is 1. The Morgan fingerprint density at radius 1 is 1.12 bits per heavy atom. The van der Waals surface area contributed by atoms with Crippen LogP contribution in [0, 0.1) is 5.82 Å². The summed E-state index contributed by atoms with van der Waals surface area (Å²) in [7, 11) is 2.52. The Morgan fingerprint density at radius 2 is 1.79 bits per heavy atom. The molecule has 34 heavy (non-hydrogen) atoms. The Hall–Kier alpha value is -1.91. The summed E-state index contributed by atoms with van der Waals surface area (Å²) >= 11 is 0. The summed E-state index contributed by atoms with van der Waals surface area (Å²) in [4.78, 5) is 7.90. The second kappa shape index (κ2) is 10.8. The highest BCUT2D eigenvalue weighted by molar-refractivity contribution is 6.76. The van der Waals surface area contributed by atoms with E-state index in [0.717, 1.165) is 11.6 Å². The van der Waals surface area contributed by atoms with Crippen molar-refractivity contribution >= 4 is 14.3 Å². The number of ether oxygens (including phenoxy) is 2. The molecule has 190 valence electrons. The molecule has 0 saturated heterocycles. The van der Waals surface area contributed by atoms with Gasteiger partial charge >= 0.3 is 6.18 Å². The Bertz CT molecular complexity index is 926. The van der Waals surface area contributed by atoms with Crippen molar-refractivity contribution in [3.8, 4) is 5.75 Å². The van der Waals surface area contributed by atoms with Crippen LogP contribution in [0.1, 0.15) is 17.5 Å². The zero-order valence-corrected chi connectivity index (χ0v) is 21.6. The number of halogens is 4. The van der Waals surface area contributed by atoms with E-state index in [1.54, 1.807) is 11.0 Å². The van der Waals surface area contributed by atoms with Crippen LogP contribution in [0.4, 0.5) is 17.6 Å². The Kier molecular flexibility index (Phi) is 8.46. The fourth-order valence-corrected chi connectivity index (χ4v) is 4.65. The van der Waals surface area contributed by atoms with Gasteiger partial charge in [-0.2, -0.15) is 13.2 Å². The first-order valence-electron chi connectivity index (χ1n) is 11.6. The van der Waals surface area contributed by atoms with Crippen molar-refractivity contribution in [3.05, 3.63) is 40.3 Å². The number of hydrogen-bond acceptors (Lipinski definition) is 5. The number of likely N-dealkylation sites (N-methyl/N-ethyl adjacent to an activating group) is 1. The topological polar surface area (TPSA) is 37.3 Å². The number of rotatable bonds is 10. The summed E-state index contributed by atoms with van der Waals surface area (Å²) in [5.74, 6) is -0.377. The average Bonchev–Trinajstić information content (AvgIpc) is 3.12. The molecule has 0 aromatic heterocycles. The molecule has 2 heterocycles. The number of allylic oxidation sites excluding steroid dienone is 1. The summed E-state index contributed by atoms with van der Waals surface area (Å²) in [5.41, 5.74) is 0.881. The zero-order valence-electron chi connectivity index (χ0n) is 20.6. The number of nitrogens with zero attached hydrogens (tertiary/aromatic N) is 3. The lowest BCUT2D eigenvalue weighted by atomic mass is 10.0. The van der Waals surface area contributed by atoms with Gasteiger partial charge in [-0.25, -0.2) is 4.39 Å². The van der Waals surface area contributed by atoms with E-state index >= 15 is 0 Å². The molecule has 0 aliphatic carbocycles. The largest absolute Gasteiger partial charge is 0.489 e. The normalized spacial score (nSPS) is 18.8. The second-order valence-corrected chi connectivity index (χ2v) is 16.1. The van der Waals surface area contributed by atoms with E-state index in [-0.39, 0.29) is 37.6 Å². The van der Waals surface area contributed by atoms with Gasteiger partial charge in [-0.3, -0.25) is 4.99 Å². The third-order valence-electron chi connectivity index (χ3n) is 5.92. The molecule has 2 aliphatic rings. The molecule has 5 nitrogen and oxygen atoms in total. The smallest absolute Gasteiger partial charge is 0.414 e. The van der Waals surface area contributed by atoms with Crippen LogP contribution in [0.25, 0.3) is 0 Å². The molecule has 0 N–H and O–H groups in total. The molecule has 2 aliphatic heterocycles. The van der Waals surface area contributed by atoms with Gasteiger partial charge in [0.2, 0.25) is 0 Å². The SMILES string of the molecule is CN(C)CCOc1cc2c(cc1F)CN(C1=C(C(F)(F)F)CC(COCC[Si](C)(C)C)N=C1)C2.